The first-order valence-electron chi connectivity index (χ1n) is 10.5. The number of ether oxygens (including phenoxy) is 2. The second kappa shape index (κ2) is 8.62. The number of aryl methyl sites for hydroxylation is 1. The van der Waals surface area contributed by atoms with Crippen molar-refractivity contribution in [2.75, 3.05) is 26.9 Å². The quantitative estimate of drug-likeness (QED) is 0.732. The van der Waals surface area contributed by atoms with Gasteiger partial charge in [0.05, 0.1) is 12.6 Å². The van der Waals surface area contributed by atoms with Crippen molar-refractivity contribution in [2.24, 2.45) is 0 Å². The Morgan fingerprint density at radius 1 is 1.21 bits per heavy atom. The summed E-state index contributed by atoms with van der Waals surface area (Å²) in [5.41, 5.74) is 3.04. The van der Waals surface area contributed by atoms with Gasteiger partial charge in [-0.2, -0.15) is 0 Å². The van der Waals surface area contributed by atoms with Crippen LogP contribution in [-0.4, -0.2) is 55.7 Å². The van der Waals surface area contributed by atoms with Gasteiger partial charge in [-0.25, -0.2) is 0 Å². The number of methoxy groups -OCH3 is 1. The highest BCUT2D eigenvalue weighted by atomic mass is 16.5. The molecule has 6 nitrogen and oxygen atoms in total. The fourth-order valence-corrected chi connectivity index (χ4v) is 4.42. The Balaban J connectivity index is 1.53. The van der Waals surface area contributed by atoms with Crippen LogP contribution in [0.3, 0.4) is 0 Å². The predicted octanol–water partition coefficient (Wildman–Crippen LogP) is 2.61. The minimum Gasteiger partial charge on any atom is -0.383 e. The van der Waals surface area contributed by atoms with Gasteiger partial charge >= 0.3 is 0 Å². The second-order valence-electron chi connectivity index (χ2n) is 8.05. The molecule has 4 rings (SSSR count). The lowest BCUT2D eigenvalue weighted by atomic mass is 10.0. The van der Waals surface area contributed by atoms with E-state index >= 15 is 0 Å². The number of carbonyl (C=O) groups is 2. The molecule has 1 saturated carbocycles. The Morgan fingerprint density at radius 3 is 2.79 bits per heavy atom. The second-order valence-corrected chi connectivity index (χ2v) is 8.05. The van der Waals surface area contributed by atoms with Gasteiger partial charge in [-0.1, -0.05) is 6.07 Å². The minimum atomic E-state index is -0.293. The number of carbonyl (C=O) groups excluding carboxylic acids is 2. The molecule has 152 valence electrons. The Bertz CT molecular complexity index is 725. The summed E-state index contributed by atoms with van der Waals surface area (Å²) >= 11 is 0. The Labute approximate surface area is 166 Å². The van der Waals surface area contributed by atoms with Gasteiger partial charge in [0.2, 0.25) is 0 Å². The minimum absolute atomic E-state index is 0.0623. The number of nitrogens with one attached hydrogen (secondary N) is 1. The molecule has 1 aliphatic heterocycles. The molecule has 0 unspecified atom stereocenters. The molecule has 1 aromatic carbocycles. The maximum atomic E-state index is 13.3. The van der Waals surface area contributed by atoms with Crippen LogP contribution in [0.15, 0.2) is 18.2 Å². The van der Waals surface area contributed by atoms with Crippen LogP contribution in [0.4, 0.5) is 0 Å². The van der Waals surface area contributed by atoms with Crippen LogP contribution in [0.5, 0.6) is 0 Å². The Kier molecular flexibility index (Phi) is 5.97. The van der Waals surface area contributed by atoms with Gasteiger partial charge in [0.15, 0.2) is 0 Å². The summed E-state index contributed by atoms with van der Waals surface area (Å²) in [5.74, 6) is 0.0559. The molecule has 0 spiro atoms. The molecule has 1 heterocycles. The summed E-state index contributed by atoms with van der Waals surface area (Å²) in [5, 5.41) is 2.88. The summed E-state index contributed by atoms with van der Waals surface area (Å²) in [6.45, 7) is 1.66. The van der Waals surface area contributed by atoms with E-state index in [9.17, 15) is 9.59 Å². The SMILES string of the molecule is COCCNC(=O)c1ccc2c(c1)[C@H](N(C(=O)[C@H]1CCCCO1)C1CC1)CC2. The first-order valence-corrected chi connectivity index (χ1v) is 10.5. The molecule has 0 bridgehead atoms. The van der Waals surface area contributed by atoms with Crippen LogP contribution in [0, 0.1) is 0 Å². The third kappa shape index (κ3) is 4.08. The molecule has 2 atom stereocenters. The lowest BCUT2D eigenvalue weighted by Crippen LogP contribution is -2.44. The van der Waals surface area contributed by atoms with E-state index in [0.29, 0.717) is 31.4 Å². The molecule has 6 heteroatoms. The largest absolute Gasteiger partial charge is 0.383 e. The van der Waals surface area contributed by atoms with Crippen LogP contribution >= 0.6 is 0 Å². The summed E-state index contributed by atoms with van der Waals surface area (Å²) in [4.78, 5) is 27.8. The van der Waals surface area contributed by atoms with Gasteiger partial charge in [0.1, 0.15) is 6.10 Å². The van der Waals surface area contributed by atoms with Crippen LogP contribution in [0.25, 0.3) is 0 Å². The van der Waals surface area contributed by atoms with Gasteiger partial charge in [0, 0.05) is 31.9 Å². The topological polar surface area (TPSA) is 67.9 Å². The Morgan fingerprint density at radius 2 is 2.07 bits per heavy atom. The lowest BCUT2D eigenvalue weighted by molar-refractivity contribution is -0.149. The molecule has 2 amide bonds. The molecule has 0 radical (unpaired) electrons. The molecule has 2 aliphatic carbocycles. The molecular weight excluding hydrogens is 356 g/mol. The zero-order valence-corrected chi connectivity index (χ0v) is 16.6. The van der Waals surface area contributed by atoms with E-state index in [4.69, 9.17) is 9.47 Å². The van der Waals surface area contributed by atoms with Gasteiger partial charge in [-0.3, -0.25) is 9.59 Å². The fourth-order valence-electron chi connectivity index (χ4n) is 4.42. The van der Waals surface area contributed by atoms with E-state index in [1.165, 1.54) is 5.56 Å². The highest BCUT2D eigenvalue weighted by molar-refractivity contribution is 5.94. The molecular formula is C22H30N2O4. The average molecular weight is 386 g/mol. The van der Waals surface area contributed by atoms with E-state index in [2.05, 4.69) is 10.2 Å². The molecule has 2 fully saturated rings. The van der Waals surface area contributed by atoms with Crippen molar-refractivity contribution < 1.29 is 19.1 Å². The van der Waals surface area contributed by atoms with Crippen molar-refractivity contribution >= 4 is 11.8 Å². The maximum Gasteiger partial charge on any atom is 0.252 e. The zero-order chi connectivity index (χ0) is 19.5. The average Bonchev–Trinajstić information content (AvgIpc) is 3.48. The van der Waals surface area contributed by atoms with E-state index < -0.39 is 0 Å². The smallest absolute Gasteiger partial charge is 0.252 e. The van der Waals surface area contributed by atoms with Crippen LogP contribution in [-0.2, 0) is 20.7 Å². The third-order valence-electron chi connectivity index (χ3n) is 6.03. The third-order valence-corrected chi connectivity index (χ3v) is 6.03. The van der Waals surface area contributed by atoms with Gasteiger partial charge in [0.25, 0.3) is 11.8 Å². The van der Waals surface area contributed by atoms with Crippen molar-refractivity contribution in [3.63, 3.8) is 0 Å². The van der Waals surface area contributed by atoms with E-state index in [-0.39, 0.29) is 24.0 Å². The summed E-state index contributed by atoms with van der Waals surface area (Å²) in [7, 11) is 1.62. The standard InChI is InChI=1S/C22H30N2O4/c1-27-13-11-23-21(25)16-6-5-15-7-10-19(18(15)14-16)24(17-8-9-17)22(26)20-4-2-3-12-28-20/h5-6,14,17,19-20H,2-4,7-13H2,1H3,(H,23,25)/t19-,20-/m1/s1. The zero-order valence-electron chi connectivity index (χ0n) is 16.6. The first-order chi connectivity index (χ1) is 13.7. The number of amides is 2. The van der Waals surface area contributed by atoms with E-state index in [0.717, 1.165) is 50.5 Å². The first kappa shape index (κ1) is 19.4. The molecule has 1 aromatic rings. The number of rotatable bonds is 7. The number of nitrogens with zero attached hydrogens (tertiary/aromatic N) is 1. The number of benzene rings is 1. The summed E-state index contributed by atoms with van der Waals surface area (Å²) in [6, 6.07) is 6.31. The Hall–Kier alpha value is -1.92. The van der Waals surface area contributed by atoms with Crippen LogP contribution in [0.1, 0.15) is 66.1 Å². The van der Waals surface area contributed by atoms with Crippen molar-refractivity contribution in [3.05, 3.63) is 34.9 Å². The molecule has 1 N–H and O–H groups in total. The summed E-state index contributed by atoms with van der Waals surface area (Å²) < 4.78 is 10.8. The van der Waals surface area contributed by atoms with Gasteiger partial charge < -0.3 is 19.7 Å². The predicted molar refractivity (Wildman–Crippen MR) is 105 cm³/mol. The molecule has 28 heavy (non-hydrogen) atoms. The number of hydrogen-bond donors (Lipinski definition) is 1. The maximum absolute atomic E-state index is 13.3. The van der Waals surface area contributed by atoms with E-state index in [1.807, 2.05) is 18.2 Å². The van der Waals surface area contributed by atoms with Crippen molar-refractivity contribution in [2.45, 2.75) is 63.1 Å². The highest BCUT2D eigenvalue weighted by Crippen LogP contribution is 2.43. The monoisotopic (exact) mass is 386 g/mol. The molecule has 1 saturated heterocycles. The van der Waals surface area contributed by atoms with Crippen LogP contribution < -0.4 is 5.32 Å². The van der Waals surface area contributed by atoms with Gasteiger partial charge in [-0.15, -0.1) is 0 Å². The van der Waals surface area contributed by atoms with Crippen LogP contribution in [0.2, 0.25) is 0 Å². The van der Waals surface area contributed by atoms with E-state index in [1.54, 1.807) is 7.11 Å². The lowest BCUT2D eigenvalue weighted by Gasteiger charge is -2.34. The molecule has 3 aliphatic rings. The number of hydrogen-bond acceptors (Lipinski definition) is 4. The van der Waals surface area contributed by atoms with Crippen molar-refractivity contribution in [1.82, 2.24) is 10.2 Å². The van der Waals surface area contributed by atoms with Gasteiger partial charge in [-0.05, 0) is 68.2 Å². The summed E-state index contributed by atoms with van der Waals surface area (Å²) in [6.07, 6.45) is 6.65. The van der Waals surface area contributed by atoms with Crippen molar-refractivity contribution in [1.29, 1.82) is 0 Å². The highest BCUT2D eigenvalue weighted by Gasteiger charge is 2.43. The van der Waals surface area contributed by atoms with Crippen molar-refractivity contribution in [3.8, 4) is 0 Å². The number of fused-ring (bicyclic) bond motifs is 1. The molecule has 0 aromatic heterocycles. The normalized spacial score (nSPS) is 23.9. The fraction of sp³-hybridized carbons (Fsp3) is 0.636.